The molecule has 1 aliphatic rings. The van der Waals surface area contributed by atoms with Crippen LogP contribution < -0.4 is 9.47 Å². The molecule has 0 unspecified atom stereocenters. The molecule has 0 aromatic heterocycles. The lowest BCUT2D eigenvalue weighted by atomic mass is 10.1. The number of ether oxygens (including phenoxy) is 2. The third-order valence-corrected chi connectivity index (χ3v) is 2.81. The van der Waals surface area contributed by atoms with Gasteiger partial charge in [0.1, 0.15) is 0 Å². The van der Waals surface area contributed by atoms with Gasteiger partial charge in [-0.3, -0.25) is 14.9 Å². The van der Waals surface area contributed by atoms with Crippen molar-refractivity contribution < 1.29 is 19.2 Å². The lowest BCUT2D eigenvalue weighted by Crippen LogP contribution is -2.03. The molecular formula is C12H13NO5. The fourth-order valence-corrected chi connectivity index (χ4v) is 1.58. The van der Waals surface area contributed by atoms with Crippen molar-refractivity contribution in [3.63, 3.8) is 0 Å². The highest BCUT2D eigenvalue weighted by molar-refractivity contribution is 5.83. The van der Waals surface area contributed by atoms with Crippen molar-refractivity contribution >= 4 is 12.0 Å². The van der Waals surface area contributed by atoms with Gasteiger partial charge in [0.25, 0.3) is 5.69 Å². The second kappa shape index (κ2) is 5.03. The molecule has 0 bridgehead atoms. The van der Waals surface area contributed by atoms with Gasteiger partial charge in [-0.2, -0.15) is 0 Å². The van der Waals surface area contributed by atoms with E-state index in [1.165, 1.54) is 19.2 Å². The number of nitro benzene ring substituents is 1. The fraction of sp³-hybridized carbons (Fsp3) is 0.417. The first kappa shape index (κ1) is 12.3. The Hall–Kier alpha value is -2.11. The zero-order valence-corrected chi connectivity index (χ0v) is 9.92. The van der Waals surface area contributed by atoms with Gasteiger partial charge in [0.2, 0.25) is 0 Å². The van der Waals surface area contributed by atoms with Crippen molar-refractivity contribution in [2.75, 3.05) is 13.7 Å². The summed E-state index contributed by atoms with van der Waals surface area (Å²) in [7, 11) is 1.43. The molecule has 96 valence electrons. The lowest BCUT2D eigenvalue weighted by molar-refractivity contribution is -0.385. The topological polar surface area (TPSA) is 78.7 Å². The van der Waals surface area contributed by atoms with Crippen molar-refractivity contribution in [3.05, 3.63) is 27.8 Å². The van der Waals surface area contributed by atoms with Gasteiger partial charge in [0, 0.05) is 6.07 Å². The molecule has 1 aliphatic carbocycles. The van der Waals surface area contributed by atoms with Crippen molar-refractivity contribution in [1.82, 2.24) is 0 Å². The third kappa shape index (κ3) is 2.58. The van der Waals surface area contributed by atoms with Gasteiger partial charge in [-0.25, -0.2) is 0 Å². The first-order valence-electron chi connectivity index (χ1n) is 5.60. The maximum atomic E-state index is 10.8. The summed E-state index contributed by atoms with van der Waals surface area (Å²) in [5, 5.41) is 10.8. The molecule has 0 saturated heterocycles. The maximum Gasteiger partial charge on any atom is 0.283 e. The van der Waals surface area contributed by atoms with Crippen LogP contribution in [-0.4, -0.2) is 24.9 Å². The van der Waals surface area contributed by atoms with Crippen LogP contribution in [0.25, 0.3) is 0 Å². The van der Waals surface area contributed by atoms with E-state index in [2.05, 4.69) is 0 Å². The Labute approximate surface area is 104 Å². The van der Waals surface area contributed by atoms with Crippen LogP contribution in [0.2, 0.25) is 0 Å². The molecular weight excluding hydrogens is 238 g/mol. The van der Waals surface area contributed by atoms with Crippen molar-refractivity contribution in [2.45, 2.75) is 12.8 Å². The van der Waals surface area contributed by atoms with Crippen LogP contribution in [0, 0.1) is 16.0 Å². The van der Waals surface area contributed by atoms with E-state index in [9.17, 15) is 14.9 Å². The molecule has 1 saturated carbocycles. The number of hydrogen-bond acceptors (Lipinski definition) is 5. The number of benzene rings is 1. The molecule has 0 N–H and O–H groups in total. The normalized spacial score (nSPS) is 14.1. The van der Waals surface area contributed by atoms with Crippen LogP contribution in [0.5, 0.6) is 11.5 Å². The quantitative estimate of drug-likeness (QED) is 0.440. The first-order valence-corrected chi connectivity index (χ1v) is 5.60. The molecule has 2 rings (SSSR count). The summed E-state index contributed by atoms with van der Waals surface area (Å²) in [4.78, 5) is 21.0. The van der Waals surface area contributed by atoms with Crippen molar-refractivity contribution in [1.29, 1.82) is 0 Å². The molecule has 18 heavy (non-hydrogen) atoms. The fourth-order valence-electron chi connectivity index (χ4n) is 1.58. The SMILES string of the molecule is COc1cc(C=O)c([N+](=O)[O-])cc1OCC1CC1. The number of aldehydes is 1. The minimum absolute atomic E-state index is 0.0179. The van der Waals surface area contributed by atoms with Crippen LogP contribution in [0.1, 0.15) is 23.2 Å². The van der Waals surface area contributed by atoms with E-state index in [4.69, 9.17) is 9.47 Å². The highest BCUT2D eigenvalue weighted by Crippen LogP contribution is 2.36. The van der Waals surface area contributed by atoms with Gasteiger partial charge in [-0.15, -0.1) is 0 Å². The maximum absolute atomic E-state index is 10.8. The monoisotopic (exact) mass is 251 g/mol. The summed E-state index contributed by atoms with van der Waals surface area (Å²) >= 11 is 0. The van der Waals surface area contributed by atoms with E-state index in [1.807, 2.05) is 0 Å². The Morgan fingerprint density at radius 1 is 1.44 bits per heavy atom. The zero-order valence-electron chi connectivity index (χ0n) is 9.92. The Kier molecular flexibility index (Phi) is 3.45. The van der Waals surface area contributed by atoms with Gasteiger partial charge in [-0.05, 0) is 18.8 Å². The second-order valence-electron chi connectivity index (χ2n) is 4.19. The molecule has 0 radical (unpaired) electrons. The van der Waals surface area contributed by atoms with E-state index >= 15 is 0 Å². The van der Waals surface area contributed by atoms with Crippen LogP contribution in [0.15, 0.2) is 12.1 Å². The van der Waals surface area contributed by atoms with E-state index in [-0.39, 0.29) is 11.3 Å². The number of rotatable bonds is 6. The van der Waals surface area contributed by atoms with Gasteiger partial charge >= 0.3 is 0 Å². The molecule has 0 spiro atoms. The molecule has 0 aliphatic heterocycles. The molecule has 0 heterocycles. The minimum atomic E-state index is -0.604. The van der Waals surface area contributed by atoms with Gasteiger partial charge in [0.05, 0.1) is 30.3 Å². The highest BCUT2D eigenvalue weighted by Gasteiger charge is 2.24. The number of hydrogen-bond donors (Lipinski definition) is 0. The molecule has 0 atom stereocenters. The van der Waals surface area contributed by atoms with Crippen LogP contribution in [0.3, 0.4) is 0 Å². The lowest BCUT2D eigenvalue weighted by Gasteiger charge is -2.10. The zero-order chi connectivity index (χ0) is 13.1. The number of methoxy groups -OCH3 is 1. The Morgan fingerprint density at radius 2 is 2.17 bits per heavy atom. The summed E-state index contributed by atoms with van der Waals surface area (Å²) in [5.74, 6) is 1.17. The molecule has 1 aromatic rings. The molecule has 0 amide bonds. The van der Waals surface area contributed by atoms with E-state index in [0.29, 0.717) is 30.3 Å². The van der Waals surface area contributed by atoms with E-state index in [1.54, 1.807) is 0 Å². The Balaban J connectivity index is 2.32. The molecule has 1 fully saturated rings. The van der Waals surface area contributed by atoms with E-state index in [0.717, 1.165) is 12.8 Å². The number of carbonyl (C=O) groups is 1. The highest BCUT2D eigenvalue weighted by atomic mass is 16.6. The average Bonchev–Trinajstić information content (AvgIpc) is 3.19. The van der Waals surface area contributed by atoms with Crippen LogP contribution in [0.4, 0.5) is 5.69 Å². The molecule has 6 heteroatoms. The largest absolute Gasteiger partial charge is 0.493 e. The van der Waals surface area contributed by atoms with Crippen LogP contribution >= 0.6 is 0 Å². The molecule has 1 aromatic carbocycles. The first-order chi connectivity index (χ1) is 8.65. The average molecular weight is 251 g/mol. The predicted molar refractivity (Wildman–Crippen MR) is 63.3 cm³/mol. The standard InChI is InChI=1S/C12H13NO5/c1-17-11-4-9(6-14)10(13(15)16)5-12(11)18-7-8-2-3-8/h4-6,8H,2-3,7H2,1H3. The number of carbonyl (C=O) groups excluding carboxylic acids is 1. The number of nitrogens with zero attached hydrogens (tertiary/aromatic N) is 1. The van der Waals surface area contributed by atoms with Crippen molar-refractivity contribution in [2.24, 2.45) is 5.92 Å². The summed E-state index contributed by atoms with van der Waals surface area (Å²) in [6, 6.07) is 2.57. The molecule has 6 nitrogen and oxygen atoms in total. The smallest absolute Gasteiger partial charge is 0.283 e. The van der Waals surface area contributed by atoms with Gasteiger partial charge < -0.3 is 9.47 Å². The Morgan fingerprint density at radius 3 is 2.67 bits per heavy atom. The second-order valence-corrected chi connectivity index (χ2v) is 4.19. The predicted octanol–water partition coefficient (Wildman–Crippen LogP) is 2.20. The number of nitro groups is 1. The van der Waals surface area contributed by atoms with Gasteiger partial charge in [0.15, 0.2) is 17.8 Å². The summed E-state index contributed by atoms with van der Waals surface area (Å²) in [5.41, 5.74) is -0.285. The Bertz CT molecular complexity index is 482. The minimum Gasteiger partial charge on any atom is -0.493 e. The van der Waals surface area contributed by atoms with E-state index < -0.39 is 4.92 Å². The summed E-state index contributed by atoms with van der Waals surface area (Å²) < 4.78 is 10.6. The summed E-state index contributed by atoms with van der Waals surface area (Å²) in [6.07, 6.45) is 2.68. The van der Waals surface area contributed by atoms with Crippen LogP contribution in [-0.2, 0) is 0 Å². The van der Waals surface area contributed by atoms with Crippen molar-refractivity contribution in [3.8, 4) is 11.5 Å². The summed E-state index contributed by atoms with van der Waals surface area (Å²) in [6.45, 7) is 0.522. The van der Waals surface area contributed by atoms with Gasteiger partial charge in [-0.1, -0.05) is 0 Å². The third-order valence-electron chi connectivity index (χ3n) is 2.81.